The summed E-state index contributed by atoms with van der Waals surface area (Å²) in [6.07, 6.45) is 5.55. The fourth-order valence-corrected chi connectivity index (χ4v) is 3.97. The number of carbonyl (C=O) groups excluding carboxylic acids is 1. The summed E-state index contributed by atoms with van der Waals surface area (Å²) in [5.74, 6) is 1.62. The van der Waals surface area contributed by atoms with Crippen LogP contribution >= 0.6 is 0 Å². The van der Waals surface area contributed by atoms with E-state index >= 15 is 0 Å². The van der Waals surface area contributed by atoms with E-state index in [-0.39, 0.29) is 12.0 Å². The predicted octanol–water partition coefficient (Wildman–Crippen LogP) is 3.83. The van der Waals surface area contributed by atoms with Gasteiger partial charge < -0.3 is 19.7 Å². The van der Waals surface area contributed by atoms with Gasteiger partial charge in [0.15, 0.2) is 0 Å². The Morgan fingerprint density at radius 1 is 1.18 bits per heavy atom. The number of aromatic nitrogens is 2. The van der Waals surface area contributed by atoms with Crippen molar-refractivity contribution in [2.45, 2.75) is 40.0 Å². The molecule has 1 aromatic carbocycles. The van der Waals surface area contributed by atoms with E-state index in [1.807, 2.05) is 56.4 Å². The summed E-state index contributed by atoms with van der Waals surface area (Å²) in [5.41, 5.74) is 4.43. The van der Waals surface area contributed by atoms with Gasteiger partial charge in [-0.15, -0.1) is 0 Å². The highest BCUT2D eigenvalue weighted by atomic mass is 16.5. The zero-order chi connectivity index (χ0) is 23.2. The van der Waals surface area contributed by atoms with Crippen LogP contribution in [0.5, 0.6) is 5.75 Å². The predicted molar refractivity (Wildman–Crippen MR) is 128 cm³/mol. The smallest absolute Gasteiger partial charge is 0.251 e. The summed E-state index contributed by atoms with van der Waals surface area (Å²) in [5, 5.41) is 2.99. The Kier molecular flexibility index (Phi) is 7.19. The van der Waals surface area contributed by atoms with Crippen LogP contribution in [0.15, 0.2) is 55.0 Å². The van der Waals surface area contributed by atoms with Crippen LogP contribution in [0.4, 0.5) is 5.82 Å². The summed E-state index contributed by atoms with van der Waals surface area (Å²) < 4.78 is 11.6. The van der Waals surface area contributed by atoms with Crippen molar-refractivity contribution in [2.75, 3.05) is 24.6 Å². The molecule has 0 bridgehead atoms. The molecule has 33 heavy (non-hydrogen) atoms. The van der Waals surface area contributed by atoms with E-state index in [2.05, 4.69) is 27.1 Å². The lowest BCUT2D eigenvalue weighted by Crippen LogP contribution is -2.41. The van der Waals surface area contributed by atoms with Crippen LogP contribution in [0.3, 0.4) is 0 Å². The van der Waals surface area contributed by atoms with Crippen LogP contribution in [0.1, 0.15) is 39.5 Å². The second-order valence-electron chi connectivity index (χ2n) is 8.42. The standard InChI is InChI=1S/C26H30N4O3/c1-18-11-23(12-19(2)25(18)33-17-22-5-4-8-27-13-22)26(31)29-15-21-6-7-24(28-14-21)30-9-10-32-20(3)16-30/h4-8,11-14,20H,9-10,15-17H2,1-3H3,(H,29,31). The topological polar surface area (TPSA) is 76.6 Å². The zero-order valence-electron chi connectivity index (χ0n) is 19.4. The van der Waals surface area contributed by atoms with E-state index in [9.17, 15) is 4.79 Å². The van der Waals surface area contributed by atoms with E-state index in [1.54, 1.807) is 12.4 Å². The van der Waals surface area contributed by atoms with E-state index in [0.717, 1.165) is 46.9 Å². The van der Waals surface area contributed by atoms with Crippen molar-refractivity contribution in [1.82, 2.24) is 15.3 Å². The molecule has 1 fully saturated rings. The first kappa shape index (κ1) is 22.7. The summed E-state index contributed by atoms with van der Waals surface area (Å²) in [6.45, 7) is 9.23. The lowest BCUT2D eigenvalue weighted by atomic mass is 10.0. The van der Waals surface area contributed by atoms with Crippen molar-refractivity contribution in [1.29, 1.82) is 0 Å². The molecular formula is C26H30N4O3. The first-order chi connectivity index (χ1) is 16.0. The van der Waals surface area contributed by atoms with Crippen molar-refractivity contribution in [2.24, 2.45) is 0 Å². The number of aryl methyl sites for hydroxylation is 2. The number of amides is 1. The van der Waals surface area contributed by atoms with Crippen LogP contribution in [0.25, 0.3) is 0 Å². The molecule has 3 aromatic rings. The molecule has 4 rings (SSSR count). The number of hydrogen-bond donors (Lipinski definition) is 1. The van der Waals surface area contributed by atoms with Gasteiger partial charge in [-0.05, 0) is 61.7 Å². The van der Waals surface area contributed by atoms with Gasteiger partial charge in [0.1, 0.15) is 18.2 Å². The molecule has 0 aliphatic carbocycles. The Balaban J connectivity index is 1.34. The van der Waals surface area contributed by atoms with Crippen molar-refractivity contribution in [3.05, 3.63) is 82.8 Å². The second-order valence-corrected chi connectivity index (χ2v) is 8.42. The zero-order valence-corrected chi connectivity index (χ0v) is 19.4. The van der Waals surface area contributed by atoms with E-state index in [0.29, 0.717) is 25.3 Å². The molecule has 172 valence electrons. The number of carbonyl (C=O) groups is 1. The van der Waals surface area contributed by atoms with Crippen molar-refractivity contribution >= 4 is 11.7 Å². The minimum absolute atomic E-state index is 0.119. The summed E-state index contributed by atoms with van der Waals surface area (Å²) in [4.78, 5) is 23.7. The van der Waals surface area contributed by atoms with Crippen molar-refractivity contribution in [3.8, 4) is 5.75 Å². The molecule has 1 atom stereocenters. The minimum Gasteiger partial charge on any atom is -0.488 e. The van der Waals surface area contributed by atoms with Crippen LogP contribution in [-0.4, -0.2) is 41.7 Å². The molecule has 1 N–H and O–H groups in total. The lowest BCUT2D eigenvalue weighted by Gasteiger charge is -2.32. The van der Waals surface area contributed by atoms with Crippen LogP contribution in [-0.2, 0) is 17.9 Å². The van der Waals surface area contributed by atoms with Crippen LogP contribution in [0.2, 0.25) is 0 Å². The fraction of sp³-hybridized carbons (Fsp3) is 0.346. The van der Waals surface area contributed by atoms with Gasteiger partial charge in [-0.2, -0.15) is 0 Å². The van der Waals surface area contributed by atoms with Gasteiger partial charge in [0.2, 0.25) is 0 Å². The van der Waals surface area contributed by atoms with Gasteiger partial charge >= 0.3 is 0 Å². The molecule has 1 aliphatic heterocycles. The number of pyridine rings is 2. The van der Waals surface area contributed by atoms with Gasteiger partial charge in [-0.1, -0.05) is 12.1 Å². The number of nitrogens with one attached hydrogen (secondary N) is 1. The van der Waals surface area contributed by atoms with Crippen molar-refractivity contribution < 1.29 is 14.3 Å². The lowest BCUT2D eigenvalue weighted by molar-refractivity contribution is 0.0529. The summed E-state index contributed by atoms with van der Waals surface area (Å²) in [7, 11) is 0. The summed E-state index contributed by atoms with van der Waals surface area (Å²) >= 11 is 0. The number of hydrogen-bond acceptors (Lipinski definition) is 6. The van der Waals surface area contributed by atoms with E-state index < -0.39 is 0 Å². The maximum atomic E-state index is 12.8. The molecule has 7 heteroatoms. The molecule has 0 saturated carbocycles. The molecule has 7 nitrogen and oxygen atoms in total. The quantitative estimate of drug-likeness (QED) is 0.595. The maximum Gasteiger partial charge on any atom is 0.251 e. The van der Waals surface area contributed by atoms with Gasteiger partial charge in [0.05, 0.1) is 12.7 Å². The normalized spacial score (nSPS) is 15.8. The number of nitrogens with zero attached hydrogens (tertiary/aromatic N) is 3. The molecule has 0 radical (unpaired) electrons. The fourth-order valence-electron chi connectivity index (χ4n) is 3.97. The number of morpholine rings is 1. The van der Waals surface area contributed by atoms with Gasteiger partial charge in [-0.25, -0.2) is 4.98 Å². The Bertz CT molecular complexity index is 1060. The third-order valence-electron chi connectivity index (χ3n) is 5.66. The minimum atomic E-state index is -0.119. The van der Waals surface area contributed by atoms with Crippen molar-refractivity contribution in [3.63, 3.8) is 0 Å². The molecule has 1 aliphatic rings. The van der Waals surface area contributed by atoms with E-state index in [1.165, 1.54) is 0 Å². The molecule has 0 spiro atoms. The van der Waals surface area contributed by atoms with Crippen LogP contribution < -0.4 is 15.0 Å². The Labute approximate surface area is 194 Å². The van der Waals surface area contributed by atoms with Gasteiger partial charge in [-0.3, -0.25) is 9.78 Å². The molecule has 1 saturated heterocycles. The highest BCUT2D eigenvalue weighted by molar-refractivity contribution is 5.94. The average molecular weight is 447 g/mol. The maximum absolute atomic E-state index is 12.8. The van der Waals surface area contributed by atoms with E-state index in [4.69, 9.17) is 9.47 Å². The summed E-state index contributed by atoms with van der Waals surface area (Å²) in [6, 6.07) is 11.6. The second kappa shape index (κ2) is 10.4. The Morgan fingerprint density at radius 2 is 2.00 bits per heavy atom. The third-order valence-corrected chi connectivity index (χ3v) is 5.66. The molecule has 2 aromatic heterocycles. The first-order valence-corrected chi connectivity index (χ1v) is 11.2. The Hall–Kier alpha value is -3.45. The molecule has 1 unspecified atom stereocenters. The average Bonchev–Trinajstić information content (AvgIpc) is 2.83. The monoisotopic (exact) mass is 446 g/mol. The number of rotatable bonds is 7. The first-order valence-electron chi connectivity index (χ1n) is 11.2. The highest BCUT2D eigenvalue weighted by Crippen LogP contribution is 2.26. The highest BCUT2D eigenvalue weighted by Gasteiger charge is 2.18. The van der Waals surface area contributed by atoms with Gasteiger partial charge in [0.25, 0.3) is 5.91 Å². The molecule has 3 heterocycles. The Morgan fingerprint density at radius 3 is 2.67 bits per heavy atom. The third kappa shape index (κ3) is 5.87. The number of anilines is 1. The van der Waals surface area contributed by atoms with Crippen LogP contribution in [0, 0.1) is 13.8 Å². The largest absolute Gasteiger partial charge is 0.488 e. The molecule has 1 amide bonds. The van der Waals surface area contributed by atoms with Gasteiger partial charge in [0, 0.05) is 49.4 Å². The number of ether oxygens (including phenoxy) is 2. The SMILES string of the molecule is Cc1cc(C(=O)NCc2ccc(N3CCOC(C)C3)nc2)cc(C)c1OCc1cccnc1. The molecular weight excluding hydrogens is 416 g/mol. The number of benzene rings is 1.